The molecule has 0 bridgehead atoms. The fourth-order valence-electron chi connectivity index (χ4n) is 2.27. The molecule has 154 valence electrons. The largest absolute Gasteiger partial charge is 0.480 e. The van der Waals surface area contributed by atoms with E-state index in [-0.39, 0.29) is 25.9 Å². The average Bonchev–Trinajstić information content (AvgIpc) is 2.59. The zero-order valence-corrected chi connectivity index (χ0v) is 15.8. The van der Waals surface area contributed by atoms with Crippen LogP contribution in [0.4, 0.5) is 0 Å². The maximum atomic E-state index is 10.7. The lowest BCUT2D eigenvalue weighted by molar-refractivity contribution is -0.146. The van der Waals surface area contributed by atoms with Crippen molar-refractivity contribution in [2.24, 2.45) is 0 Å². The minimum absolute atomic E-state index is 0.217. The molecule has 2 N–H and O–H groups in total. The molecule has 0 aliphatic heterocycles. The van der Waals surface area contributed by atoms with E-state index < -0.39 is 11.9 Å². The lowest BCUT2D eigenvalue weighted by Crippen LogP contribution is -2.24. The van der Waals surface area contributed by atoms with Crippen LogP contribution >= 0.6 is 0 Å². The summed E-state index contributed by atoms with van der Waals surface area (Å²) >= 11 is 0. The zero-order valence-electron chi connectivity index (χ0n) is 15.8. The summed E-state index contributed by atoms with van der Waals surface area (Å²) in [5.74, 6) is -1.99. The molecular formula is C18H34O8. The van der Waals surface area contributed by atoms with Crippen LogP contribution < -0.4 is 0 Å². The average molecular weight is 378 g/mol. The van der Waals surface area contributed by atoms with E-state index in [2.05, 4.69) is 6.92 Å². The van der Waals surface area contributed by atoms with Gasteiger partial charge in [-0.1, -0.05) is 45.4 Å². The van der Waals surface area contributed by atoms with E-state index in [0.29, 0.717) is 26.4 Å². The van der Waals surface area contributed by atoms with Crippen LogP contribution in [-0.4, -0.2) is 74.5 Å². The topological polar surface area (TPSA) is 112 Å². The van der Waals surface area contributed by atoms with Gasteiger partial charge in [-0.15, -0.1) is 0 Å². The number of hydrogen-bond donors (Lipinski definition) is 2. The number of rotatable bonds is 20. The van der Waals surface area contributed by atoms with Crippen molar-refractivity contribution in [3.05, 3.63) is 0 Å². The number of aliphatic carboxylic acids is 2. The lowest BCUT2D eigenvalue weighted by atomic mass is 10.1. The molecule has 0 saturated carbocycles. The molecule has 0 aliphatic carbocycles. The third-order valence-corrected chi connectivity index (χ3v) is 3.60. The van der Waals surface area contributed by atoms with E-state index >= 15 is 0 Å². The summed E-state index contributed by atoms with van der Waals surface area (Å²) in [6, 6.07) is 0. The van der Waals surface area contributed by atoms with Gasteiger partial charge in [0.15, 0.2) is 0 Å². The molecule has 1 atom stereocenters. The summed E-state index contributed by atoms with van der Waals surface area (Å²) in [4.78, 5) is 20.9. The van der Waals surface area contributed by atoms with Crippen molar-refractivity contribution < 1.29 is 38.7 Å². The molecule has 0 heterocycles. The predicted octanol–water partition coefficient (Wildman–Crippen LogP) is 2.34. The van der Waals surface area contributed by atoms with Gasteiger partial charge in [0, 0.05) is 0 Å². The summed E-state index contributed by atoms with van der Waals surface area (Å²) in [5, 5.41) is 17.1. The van der Waals surface area contributed by atoms with Gasteiger partial charge >= 0.3 is 11.9 Å². The Hall–Kier alpha value is -1.22. The van der Waals surface area contributed by atoms with Gasteiger partial charge in [-0.25, -0.2) is 9.59 Å². The number of unbranched alkanes of at least 4 members (excludes halogenated alkanes) is 5. The van der Waals surface area contributed by atoms with Gasteiger partial charge in [-0.3, -0.25) is 0 Å². The van der Waals surface area contributed by atoms with Crippen molar-refractivity contribution in [1.29, 1.82) is 0 Å². The third kappa shape index (κ3) is 19.1. The standard InChI is InChI=1S/C18H34O8/c1-2-3-4-5-6-7-8-16(26-15-18(21)22)13-24-11-9-23-10-12-25-14-17(19)20/h16H,2-15H2,1H3,(H,19,20)(H,21,22). The molecule has 0 aromatic carbocycles. The van der Waals surface area contributed by atoms with Gasteiger partial charge in [0.2, 0.25) is 0 Å². The Labute approximate surface area is 155 Å². The molecule has 0 radical (unpaired) electrons. The second kappa shape index (κ2) is 18.6. The molecule has 0 aromatic heterocycles. The Morgan fingerprint density at radius 2 is 1.35 bits per heavy atom. The molecule has 0 saturated heterocycles. The second-order valence-corrected chi connectivity index (χ2v) is 6.02. The normalized spacial score (nSPS) is 12.2. The van der Waals surface area contributed by atoms with Crippen molar-refractivity contribution in [2.75, 3.05) is 46.2 Å². The van der Waals surface area contributed by atoms with Crippen LogP contribution in [0.3, 0.4) is 0 Å². The first-order valence-corrected chi connectivity index (χ1v) is 9.34. The first-order chi connectivity index (χ1) is 12.6. The number of hydrogen-bond acceptors (Lipinski definition) is 6. The second-order valence-electron chi connectivity index (χ2n) is 6.02. The summed E-state index contributed by atoms with van der Waals surface area (Å²) in [7, 11) is 0. The van der Waals surface area contributed by atoms with Crippen LogP contribution in [-0.2, 0) is 28.5 Å². The highest BCUT2D eigenvalue weighted by atomic mass is 16.6. The summed E-state index contributed by atoms with van der Waals surface area (Å²) < 4.78 is 20.9. The molecule has 26 heavy (non-hydrogen) atoms. The number of ether oxygens (including phenoxy) is 4. The van der Waals surface area contributed by atoms with Crippen molar-refractivity contribution >= 4 is 11.9 Å². The fraction of sp³-hybridized carbons (Fsp3) is 0.889. The highest BCUT2D eigenvalue weighted by Crippen LogP contribution is 2.11. The fourth-order valence-corrected chi connectivity index (χ4v) is 2.27. The Morgan fingerprint density at radius 1 is 0.769 bits per heavy atom. The molecule has 0 fully saturated rings. The first-order valence-electron chi connectivity index (χ1n) is 9.34. The Kier molecular flexibility index (Phi) is 17.7. The van der Waals surface area contributed by atoms with Crippen molar-refractivity contribution in [3.8, 4) is 0 Å². The minimum Gasteiger partial charge on any atom is -0.480 e. The zero-order chi connectivity index (χ0) is 19.5. The van der Waals surface area contributed by atoms with Gasteiger partial charge < -0.3 is 29.2 Å². The van der Waals surface area contributed by atoms with Crippen LogP contribution in [0.15, 0.2) is 0 Å². The molecule has 0 aromatic rings. The van der Waals surface area contributed by atoms with E-state index in [4.69, 9.17) is 29.2 Å². The van der Waals surface area contributed by atoms with Gasteiger partial charge in [0.1, 0.15) is 13.2 Å². The van der Waals surface area contributed by atoms with Crippen LogP contribution in [0.25, 0.3) is 0 Å². The summed E-state index contributed by atoms with van der Waals surface area (Å²) in [6.07, 6.45) is 7.57. The van der Waals surface area contributed by atoms with E-state index in [1.54, 1.807) is 0 Å². The highest BCUT2D eigenvalue weighted by molar-refractivity contribution is 5.68. The molecule has 0 amide bonds. The minimum atomic E-state index is -1.01. The number of carboxylic acids is 2. The van der Waals surface area contributed by atoms with Crippen molar-refractivity contribution in [2.45, 2.75) is 58.0 Å². The van der Waals surface area contributed by atoms with E-state index in [0.717, 1.165) is 19.3 Å². The van der Waals surface area contributed by atoms with Crippen LogP contribution in [0, 0.1) is 0 Å². The third-order valence-electron chi connectivity index (χ3n) is 3.60. The predicted molar refractivity (Wildman–Crippen MR) is 95.5 cm³/mol. The number of carboxylic acid groups (broad SMARTS) is 2. The smallest absolute Gasteiger partial charge is 0.329 e. The van der Waals surface area contributed by atoms with Gasteiger partial charge in [-0.05, 0) is 6.42 Å². The van der Waals surface area contributed by atoms with Crippen LogP contribution in [0.2, 0.25) is 0 Å². The van der Waals surface area contributed by atoms with E-state index in [1.807, 2.05) is 0 Å². The SMILES string of the molecule is CCCCCCCCC(COCCOCCOCC(=O)O)OCC(=O)O. The maximum absolute atomic E-state index is 10.7. The molecule has 0 spiro atoms. The van der Waals surface area contributed by atoms with Crippen molar-refractivity contribution in [3.63, 3.8) is 0 Å². The van der Waals surface area contributed by atoms with Gasteiger partial charge in [0.05, 0.1) is 39.1 Å². The highest BCUT2D eigenvalue weighted by Gasteiger charge is 2.11. The monoisotopic (exact) mass is 378 g/mol. The molecular weight excluding hydrogens is 344 g/mol. The lowest BCUT2D eigenvalue weighted by Gasteiger charge is -2.17. The first kappa shape index (κ1) is 24.8. The van der Waals surface area contributed by atoms with Crippen LogP contribution in [0.5, 0.6) is 0 Å². The van der Waals surface area contributed by atoms with Gasteiger partial charge in [-0.2, -0.15) is 0 Å². The Morgan fingerprint density at radius 3 is 2.00 bits per heavy atom. The summed E-state index contributed by atoms with van der Waals surface area (Å²) in [6.45, 7) is 3.10. The van der Waals surface area contributed by atoms with E-state index in [1.165, 1.54) is 25.7 Å². The van der Waals surface area contributed by atoms with Gasteiger partial charge in [0.25, 0.3) is 0 Å². The molecule has 8 nitrogen and oxygen atoms in total. The maximum Gasteiger partial charge on any atom is 0.329 e. The Balaban J connectivity index is 3.69. The van der Waals surface area contributed by atoms with Crippen molar-refractivity contribution in [1.82, 2.24) is 0 Å². The van der Waals surface area contributed by atoms with E-state index in [9.17, 15) is 9.59 Å². The summed E-state index contributed by atoms with van der Waals surface area (Å²) in [5.41, 5.74) is 0. The molecule has 1 unspecified atom stereocenters. The number of carbonyl (C=O) groups is 2. The molecule has 8 heteroatoms. The van der Waals surface area contributed by atoms with Crippen LogP contribution in [0.1, 0.15) is 51.9 Å². The Bertz CT molecular complexity index is 348. The quantitative estimate of drug-likeness (QED) is 0.311. The molecule has 0 rings (SSSR count). The molecule has 0 aliphatic rings.